The first-order chi connectivity index (χ1) is 8.24. The second kappa shape index (κ2) is 3.63. The molecule has 17 heavy (non-hydrogen) atoms. The summed E-state index contributed by atoms with van der Waals surface area (Å²) >= 11 is 0. The second-order valence-electron chi connectivity index (χ2n) is 4.17. The largest absolute Gasteiger partial charge is 0.369 e. The Labute approximate surface area is 99.3 Å². The van der Waals surface area contributed by atoms with Crippen LogP contribution in [-0.2, 0) is 0 Å². The highest BCUT2D eigenvalue weighted by Crippen LogP contribution is 2.26. The lowest BCUT2D eigenvalue weighted by molar-refractivity contribution is 1.35. The molecule has 0 unspecified atom stereocenters. The zero-order valence-corrected chi connectivity index (χ0v) is 9.57. The number of aromatic amines is 1. The maximum Gasteiger partial charge on any atom is 0.198 e. The van der Waals surface area contributed by atoms with Crippen molar-refractivity contribution in [3.63, 3.8) is 0 Å². The number of nitrogens with two attached hydrogens (primary N) is 1. The zero-order chi connectivity index (χ0) is 11.8. The summed E-state index contributed by atoms with van der Waals surface area (Å²) in [6, 6.07) is 14.5. The lowest BCUT2D eigenvalue weighted by Crippen LogP contribution is -1.84. The third kappa shape index (κ3) is 1.65. The van der Waals surface area contributed by atoms with Gasteiger partial charge in [-0.3, -0.25) is 0 Å². The van der Waals surface area contributed by atoms with E-state index in [1.165, 1.54) is 16.7 Å². The van der Waals surface area contributed by atoms with Crippen LogP contribution in [0, 0.1) is 6.92 Å². The highest BCUT2D eigenvalue weighted by atomic mass is 15.0. The van der Waals surface area contributed by atoms with Crippen LogP contribution in [0.1, 0.15) is 5.56 Å². The second-order valence-corrected chi connectivity index (χ2v) is 4.17. The number of imidazole rings is 1. The standard InChI is InChI=1S/C14H13N3/c1-9-4-2-3-5-11(9)10-6-7-12-13(8-10)17-14(15)16-12/h2-8H,1H3,(H3,15,16,17). The summed E-state index contributed by atoms with van der Waals surface area (Å²) < 4.78 is 0. The Bertz CT molecular complexity index is 683. The van der Waals surface area contributed by atoms with Gasteiger partial charge in [0.2, 0.25) is 0 Å². The number of nitrogens with zero attached hydrogens (tertiary/aromatic N) is 1. The minimum atomic E-state index is 0.460. The molecule has 0 amide bonds. The van der Waals surface area contributed by atoms with Crippen molar-refractivity contribution >= 4 is 17.0 Å². The highest BCUT2D eigenvalue weighted by Gasteiger charge is 2.04. The molecule has 1 heterocycles. The number of rotatable bonds is 1. The summed E-state index contributed by atoms with van der Waals surface area (Å²) in [5.41, 5.74) is 11.2. The van der Waals surface area contributed by atoms with E-state index < -0.39 is 0 Å². The van der Waals surface area contributed by atoms with Gasteiger partial charge in [-0.15, -0.1) is 0 Å². The van der Waals surface area contributed by atoms with Crippen molar-refractivity contribution in [3.8, 4) is 11.1 Å². The summed E-state index contributed by atoms with van der Waals surface area (Å²) in [7, 11) is 0. The Morgan fingerprint density at radius 1 is 1.12 bits per heavy atom. The molecule has 0 aliphatic carbocycles. The SMILES string of the molecule is Cc1ccccc1-c1ccc2[nH]c(N)nc2c1. The van der Waals surface area contributed by atoms with Crippen molar-refractivity contribution in [1.29, 1.82) is 0 Å². The Morgan fingerprint density at radius 2 is 1.94 bits per heavy atom. The first-order valence-corrected chi connectivity index (χ1v) is 5.55. The topological polar surface area (TPSA) is 54.7 Å². The van der Waals surface area contributed by atoms with Crippen LogP contribution in [0.4, 0.5) is 5.95 Å². The molecule has 0 saturated heterocycles. The molecule has 0 aliphatic rings. The Morgan fingerprint density at radius 3 is 2.76 bits per heavy atom. The molecular formula is C14H13N3. The van der Waals surface area contributed by atoms with Gasteiger partial charge in [-0.2, -0.15) is 0 Å². The van der Waals surface area contributed by atoms with E-state index >= 15 is 0 Å². The maximum absolute atomic E-state index is 5.64. The minimum absolute atomic E-state index is 0.460. The van der Waals surface area contributed by atoms with Gasteiger partial charge in [-0.1, -0.05) is 30.3 Å². The monoisotopic (exact) mass is 223 g/mol. The van der Waals surface area contributed by atoms with Gasteiger partial charge in [0, 0.05) is 0 Å². The predicted molar refractivity (Wildman–Crippen MR) is 70.7 cm³/mol. The van der Waals surface area contributed by atoms with Crippen molar-refractivity contribution < 1.29 is 0 Å². The molecule has 0 saturated carbocycles. The summed E-state index contributed by atoms with van der Waals surface area (Å²) in [5.74, 6) is 0.460. The van der Waals surface area contributed by atoms with E-state index in [1.807, 2.05) is 18.2 Å². The smallest absolute Gasteiger partial charge is 0.198 e. The Kier molecular flexibility index (Phi) is 2.11. The van der Waals surface area contributed by atoms with Crippen molar-refractivity contribution in [2.24, 2.45) is 0 Å². The zero-order valence-electron chi connectivity index (χ0n) is 9.57. The van der Waals surface area contributed by atoms with Crippen LogP contribution in [0.3, 0.4) is 0 Å². The van der Waals surface area contributed by atoms with Crippen LogP contribution >= 0.6 is 0 Å². The van der Waals surface area contributed by atoms with Crippen LogP contribution in [0.15, 0.2) is 42.5 Å². The van der Waals surface area contributed by atoms with Crippen molar-refractivity contribution in [2.75, 3.05) is 5.73 Å². The van der Waals surface area contributed by atoms with E-state index in [1.54, 1.807) is 0 Å². The van der Waals surface area contributed by atoms with Gasteiger partial charge in [-0.05, 0) is 35.7 Å². The van der Waals surface area contributed by atoms with E-state index in [0.717, 1.165) is 11.0 Å². The average molecular weight is 223 g/mol. The number of nitrogen functional groups attached to an aromatic ring is 1. The molecule has 84 valence electrons. The highest BCUT2D eigenvalue weighted by molar-refractivity contribution is 5.83. The molecule has 3 N–H and O–H groups in total. The molecule has 0 fully saturated rings. The molecule has 3 nitrogen and oxygen atoms in total. The number of nitrogens with one attached hydrogen (secondary N) is 1. The average Bonchev–Trinajstić information content (AvgIpc) is 2.68. The van der Waals surface area contributed by atoms with Gasteiger partial charge in [0.05, 0.1) is 11.0 Å². The molecule has 3 rings (SSSR count). The number of anilines is 1. The van der Waals surface area contributed by atoms with Crippen LogP contribution in [0.25, 0.3) is 22.2 Å². The van der Waals surface area contributed by atoms with Crippen LogP contribution in [0.2, 0.25) is 0 Å². The molecule has 0 radical (unpaired) electrons. The lowest BCUT2D eigenvalue weighted by atomic mass is 10.0. The minimum Gasteiger partial charge on any atom is -0.369 e. The van der Waals surface area contributed by atoms with Crippen molar-refractivity contribution in [1.82, 2.24) is 9.97 Å². The maximum atomic E-state index is 5.64. The third-order valence-electron chi connectivity index (χ3n) is 2.96. The first kappa shape index (κ1) is 9.90. The molecule has 2 aromatic carbocycles. The molecule has 0 spiro atoms. The van der Waals surface area contributed by atoms with Gasteiger partial charge in [0.15, 0.2) is 5.95 Å². The fraction of sp³-hybridized carbons (Fsp3) is 0.0714. The summed E-state index contributed by atoms with van der Waals surface area (Å²) in [6.45, 7) is 2.11. The summed E-state index contributed by atoms with van der Waals surface area (Å²) in [6.07, 6.45) is 0. The van der Waals surface area contributed by atoms with Crippen molar-refractivity contribution in [3.05, 3.63) is 48.0 Å². The molecule has 0 aliphatic heterocycles. The van der Waals surface area contributed by atoms with Crippen LogP contribution in [0.5, 0.6) is 0 Å². The van der Waals surface area contributed by atoms with Crippen LogP contribution in [-0.4, -0.2) is 9.97 Å². The van der Waals surface area contributed by atoms with Gasteiger partial charge in [-0.25, -0.2) is 4.98 Å². The van der Waals surface area contributed by atoms with Gasteiger partial charge in [0.1, 0.15) is 0 Å². The number of benzene rings is 2. The fourth-order valence-corrected chi connectivity index (χ4v) is 2.09. The van der Waals surface area contributed by atoms with Gasteiger partial charge >= 0.3 is 0 Å². The number of fused-ring (bicyclic) bond motifs is 1. The summed E-state index contributed by atoms with van der Waals surface area (Å²) in [5, 5.41) is 0. The summed E-state index contributed by atoms with van der Waals surface area (Å²) in [4.78, 5) is 7.27. The van der Waals surface area contributed by atoms with E-state index in [4.69, 9.17) is 5.73 Å². The normalized spacial score (nSPS) is 10.9. The quantitative estimate of drug-likeness (QED) is 0.666. The molecule has 0 bridgehead atoms. The number of aryl methyl sites for hydroxylation is 1. The molecule has 0 atom stereocenters. The van der Waals surface area contributed by atoms with Gasteiger partial charge in [0.25, 0.3) is 0 Å². The fourth-order valence-electron chi connectivity index (χ4n) is 2.09. The number of hydrogen-bond donors (Lipinski definition) is 2. The van der Waals surface area contributed by atoms with Crippen molar-refractivity contribution in [2.45, 2.75) is 6.92 Å². The van der Waals surface area contributed by atoms with E-state index in [0.29, 0.717) is 5.95 Å². The van der Waals surface area contributed by atoms with E-state index in [9.17, 15) is 0 Å². The molecule has 3 heteroatoms. The molecule has 1 aromatic heterocycles. The number of hydrogen-bond acceptors (Lipinski definition) is 2. The lowest BCUT2D eigenvalue weighted by Gasteiger charge is -2.05. The first-order valence-electron chi connectivity index (χ1n) is 5.55. The molecular weight excluding hydrogens is 210 g/mol. The van der Waals surface area contributed by atoms with Gasteiger partial charge < -0.3 is 10.7 Å². The Balaban J connectivity index is 2.21. The predicted octanol–water partition coefficient (Wildman–Crippen LogP) is 3.12. The third-order valence-corrected chi connectivity index (χ3v) is 2.96. The van der Waals surface area contributed by atoms with E-state index in [-0.39, 0.29) is 0 Å². The number of aromatic nitrogens is 2. The van der Waals surface area contributed by atoms with Crippen LogP contribution < -0.4 is 5.73 Å². The molecule has 3 aromatic rings. The number of H-pyrrole nitrogens is 1. The Hall–Kier alpha value is -2.29. The van der Waals surface area contributed by atoms with E-state index in [2.05, 4.69) is 41.2 Å².